The first kappa shape index (κ1) is 18.6. The number of carbonyl (C=O) groups excluding carboxylic acids is 1. The van der Waals surface area contributed by atoms with E-state index in [1.54, 1.807) is 12.1 Å². The molecule has 0 spiro atoms. The van der Waals surface area contributed by atoms with Crippen molar-refractivity contribution in [3.8, 4) is 5.75 Å². The molecule has 0 aromatic heterocycles. The summed E-state index contributed by atoms with van der Waals surface area (Å²) in [5.74, 6) is 0.391. The van der Waals surface area contributed by atoms with Crippen LogP contribution < -0.4 is 10.1 Å². The summed E-state index contributed by atoms with van der Waals surface area (Å²) in [7, 11) is 0. The molecule has 0 aliphatic rings. The monoisotopic (exact) mass is 363 g/mol. The maximum absolute atomic E-state index is 12.9. The number of rotatable bonds is 6. The van der Waals surface area contributed by atoms with Crippen molar-refractivity contribution < 1.29 is 13.9 Å². The van der Waals surface area contributed by atoms with Crippen molar-refractivity contribution in [2.24, 2.45) is 0 Å². The van der Waals surface area contributed by atoms with Crippen LogP contribution in [0.2, 0.25) is 0 Å². The second kappa shape index (κ2) is 8.49. The summed E-state index contributed by atoms with van der Waals surface area (Å²) in [4.78, 5) is 12.4. The Morgan fingerprint density at radius 1 is 0.926 bits per heavy atom. The molecule has 0 radical (unpaired) electrons. The molecule has 1 amide bonds. The fourth-order valence-electron chi connectivity index (χ4n) is 2.71. The van der Waals surface area contributed by atoms with E-state index in [2.05, 4.69) is 5.32 Å². The summed E-state index contributed by atoms with van der Waals surface area (Å²) in [6, 6.07) is 19.7. The lowest BCUT2D eigenvalue weighted by atomic mass is 10.0. The number of benzene rings is 3. The highest BCUT2D eigenvalue weighted by Crippen LogP contribution is 2.15. The zero-order valence-corrected chi connectivity index (χ0v) is 15.5. The minimum absolute atomic E-state index is 0.0761. The molecular formula is C23H22FNO2. The minimum atomic E-state index is -0.258. The molecule has 3 nitrogen and oxygen atoms in total. The van der Waals surface area contributed by atoms with Crippen LogP contribution >= 0.6 is 0 Å². The maximum Gasteiger partial charge on any atom is 0.251 e. The van der Waals surface area contributed by atoms with Crippen LogP contribution in [0.3, 0.4) is 0 Å². The average Bonchev–Trinajstić information content (AvgIpc) is 2.68. The van der Waals surface area contributed by atoms with Crippen LogP contribution in [0.1, 0.15) is 32.6 Å². The lowest BCUT2D eigenvalue weighted by molar-refractivity contribution is 0.0950. The third kappa shape index (κ3) is 5.17. The van der Waals surface area contributed by atoms with Gasteiger partial charge in [0.05, 0.1) is 0 Å². The van der Waals surface area contributed by atoms with Crippen LogP contribution in [0.15, 0.2) is 66.7 Å². The van der Waals surface area contributed by atoms with E-state index in [4.69, 9.17) is 4.74 Å². The SMILES string of the molecule is Cc1ccc(C)c(C(=O)NCc2ccc(OCc3ccc(F)cc3)cc2)c1. The minimum Gasteiger partial charge on any atom is -0.489 e. The van der Waals surface area contributed by atoms with Crippen molar-refractivity contribution in [3.05, 3.63) is 100 Å². The van der Waals surface area contributed by atoms with Crippen molar-refractivity contribution in [1.82, 2.24) is 5.32 Å². The Labute approximate surface area is 158 Å². The van der Waals surface area contributed by atoms with E-state index in [-0.39, 0.29) is 11.7 Å². The Bertz CT molecular complexity index is 918. The quantitative estimate of drug-likeness (QED) is 0.673. The van der Waals surface area contributed by atoms with Crippen LogP contribution in [0.25, 0.3) is 0 Å². The van der Waals surface area contributed by atoms with Gasteiger partial charge in [-0.2, -0.15) is 0 Å². The molecule has 27 heavy (non-hydrogen) atoms. The second-order valence-corrected chi connectivity index (χ2v) is 6.56. The highest BCUT2D eigenvalue weighted by Gasteiger charge is 2.09. The van der Waals surface area contributed by atoms with E-state index in [1.165, 1.54) is 12.1 Å². The summed E-state index contributed by atoms with van der Waals surface area (Å²) in [5, 5.41) is 2.95. The van der Waals surface area contributed by atoms with E-state index >= 15 is 0 Å². The van der Waals surface area contributed by atoms with Crippen molar-refractivity contribution in [3.63, 3.8) is 0 Å². The van der Waals surface area contributed by atoms with Gasteiger partial charge in [-0.15, -0.1) is 0 Å². The van der Waals surface area contributed by atoms with Gasteiger partial charge in [-0.1, -0.05) is 42.0 Å². The Morgan fingerprint density at radius 2 is 1.59 bits per heavy atom. The molecule has 3 aromatic carbocycles. The molecule has 4 heteroatoms. The average molecular weight is 363 g/mol. The number of hydrogen-bond acceptors (Lipinski definition) is 2. The van der Waals surface area contributed by atoms with Gasteiger partial charge >= 0.3 is 0 Å². The van der Waals surface area contributed by atoms with Gasteiger partial charge in [-0.25, -0.2) is 4.39 Å². The molecule has 0 aliphatic heterocycles. The van der Waals surface area contributed by atoms with Crippen LogP contribution in [0, 0.1) is 19.7 Å². The largest absolute Gasteiger partial charge is 0.489 e. The molecule has 0 unspecified atom stereocenters. The van der Waals surface area contributed by atoms with Crippen molar-refractivity contribution >= 4 is 5.91 Å². The molecule has 138 valence electrons. The Morgan fingerprint density at radius 3 is 2.30 bits per heavy atom. The third-order valence-corrected chi connectivity index (χ3v) is 4.33. The van der Waals surface area contributed by atoms with Crippen LogP contribution in [-0.2, 0) is 13.2 Å². The zero-order valence-electron chi connectivity index (χ0n) is 15.5. The Balaban J connectivity index is 1.53. The highest BCUT2D eigenvalue weighted by molar-refractivity contribution is 5.95. The fourth-order valence-corrected chi connectivity index (χ4v) is 2.71. The lowest BCUT2D eigenvalue weighted by Crippen LogP contribution is -2.23. The van der Waals surface area contributed by atoms with E-state index in [1.807, 2.05) is 56.3 Å². The van der Waals surface area contributed by atoms with Gasteiger partial charge < -0.3 is 10.1 Å². The number of carbonyl (C=O) groups is 1. The van der Waals surface area contributed by atoms with Crippen LogP contribution in [0.5, 0.6) is 5.75 Å². The third-order valence-electron chi connectivity index (χ3n) is 4.33. The lowest BCUT2D eigenvalue weighted by Gasteiger charge is -2.10. The van der Waals surface area contributed by atoms with Crippen molar-refractivity contribution in [2.75, 3.05) is 0 Å². The summed E-state index contributed by atoms with van der Waals surface area (Å²) in [6.45, 7) is 4.73. The zero-order chi connectivity index (χ0) is 19.2. The van der Waals surface area contributed by atoms with Gasteiger partial charge in [0.25, 0.3) is 5.91 Å². The van der Waals surface area contributed by atoms with Crippen molar-refractivity contribution in [2.45, 2.75) is 27.0 Å². The van der Waals surface area contributed by atoms with Gasteiger partial charge in [0.1, 0.15) is 18.2 Å². The molecule has 0 aliphatic carbocycles. The number of aryl methyl sites for hydroxylation is 2. The van der Waals surface area contributed by atoms with Gasteiger partial charge in [0.2, 0.25) is 0 Å². The Kier molecular flexibility index (Phi) is 5.87. The summed E-state index contributed by atoms with van der Waals surface area (Å²) < 4.78 is 18.6. The molecule has 0 saturated carbocycles. The maximum atomic E-state index is 12.9. The molecule has 0 fully saturated rings. The first-order chi connectivity index (χ1) is 13.0. The number of nitrogens with one attached hydrogen (secondary N) is 1. The van der Waals surface area contributed by atoms with Crippen LogP contribution in [-0.4, -0.2) is 5.91 Å². The molecular weight excluding hydrogens is 341 g/mol. The van der Waals surface area contributed by atoms with E-state index in [0.29, 0.717) is 18.7 Å². The molecule has 0 atom stereocenters. The molecule has 0 heterocycles. The first-order valence-electron chi connectivity index (χ1n) is 8.83. The topological polar surface area (TPSA) is 38.3 Å². The molecule has 1 N–H and O–H groups in total. The smallest absolute Gasteiger partial charge is 0.251 e. The highest BCUT2D eigenvalue weighted by atomic mass is 19.1. The predicted molar refractivity (Wildman–Crippen MR) is 104 cm³/mol. The number of halogens is 1. The van der Waals surface area contributed by atoms with Gasteiger partial charge in [-0.3, -0.25) is 4.79 Å². The van der Waals surface area contributed by atoms with Gasteiger partial charge in [0.15, 0.2) is 0 Å². The van der Waals surface area contributed by atoms with E-state index in [0.717, 1.165) is 28.0 Å². The molecule has 0 bridgehead atoms. The van der Waals surface area contributed by atoms with Gasteiger partial charge in [-0.05, 0) is 60.9 Å². The summed E-state index contributed by atoms with van der Waals surface area (Å²) in [6.07, 6.45) is 0. The van der Waals surface area contributed by atoms with E-state index < -0.39 is 0 Å². The molecule has 0 saturated heterocycles. The molecule has 3 rings (SSSR count). The van der Waals surface area contributed by atoms with Crippen molar-refractivity contribution in [1.29, 1.82) is 0 Å². The number of ether oxygens (including phenoxy) is 1. The molecule has 3 aromatic rings. The predicted octanol–water partition coefficient (Wildman–Crippen LogP) is 4.95. The second-order valence-electron chi connectivity index (χ2n) is 6.56. The number of amides is 1. The number of hydrogen-bond donors (Lipinski definition) is 1. The first-order valence-corrected chi connectivity index (χ1v) is 8.83. The summed E-state index contributed by atoms with van der Waals surface area (Å²) >= 11 is 0. The van der Waals surface area contributed by atoms with Gasteiger partial charge in [0, 0.05) is 12.1 Å². The summed E-state index contributed by atoms with van der Waals surface area (Å²) in [5.41, 5.74) is 4.62. The van der Waals surface area contributed by atoms with Crippen LogP contribution in [0.4, 0.5) is 4.39 Å². The van der Waals surface area contributed by atoms with E-state index in [9.17, 15) is 9.18 Å². The standard InChI is InChI=1S/C23H22FNO2/c1-16-3-4-17(2)22(13-16)23(26)25-14-18-7-11-21(12-8-18)27-15-19-5-9-20(24)10-6-19/h3-13H,14-15H2,1-2H3,(H,25,26). The Hall–Kier alpha value is -3.14. The normalized spacial score (nSPS) is 10.5. The fraction of sp³-hybridized carbons (Fsp3) is 0.174.